The fraction of sp³-hybridized carbons (Fsp3) is 0. The Hall–Kier alpha value is -7.98. The van der Waals surface area contributed by atoms with Crippen molar-refractivity contribution in [1.29, 1.82) is 0 Å². The van der Waals surface area contributed by atoms with Gasteiger partial charge in [0, 0.05) is 47.9 Å². The second-order valence-electron chi connectivity index (χ2n) is 16.1. The van der Waals surface area contributed by atoms with Crippen LogP contribution < -0.4 is 4.90 Å². The van der Waals surface area contributed by atoms with E-state index in [1.165, 1.54) is 58.7 Å². The highest BCUT2D eigenvalue weighted by atomic mass is 32.1. The Balaban J connectivity index is 1.18. The van der Waals surface area contributed by atoms with Crippen LogP contribution in [0.3, 0.4) is 0 Å². The molecular formula is C60H40N2S. The first-order chi connectivity index (χ1) is 31.3. The molecule has 12 rings (SSSR count). The zero-order valence-electron chi connectivity index (χ0n) is 34.4. The van der Waals surface area contributed by atoms with Crippen molar-refractivity contribution in [1.82, 2.24) is 4.57 Å². The van der Waals surface area contributed by atoms with E-state index in [1.807, 2.05) is 11.3 Å². The minimum Gasteiger partial charge on any atom is -0.309 e. The summed E-state index contributed by atoms with van der Waals surface area (Å²) in [7, 11) is 0. The predicted molar refractivity (Wildman–Crippen MR) is 270 cm³/mol. The smallest absolute Gasteiger partial charge is 0.0562 e. The summed E-state index contributed by atoms with van der Waals surface area (Å²) in [5.41, 5.74) is 16.2. The van der Waals surface area contributed by atoms with Gasteiger partial charge in [-0.15, -0.1) is 11.3 Å². The molecule has 2 aromatic heterocycles. The third-order valence-corrected chi connectivity index (χ3v) is 13.6. The minimum atomic E-state index is 1.08. The van der Waals surface area contributed by atoms with E-state index in [-0.39, 0.29) is 0 Å². The molecular weight excluding hydrogens is 781 g/mol. The van der Waals surface area contributed by atoms with E-state index in [0.29, 0.717) is 0 Å². The van der Waals surface area contributed by atoms with Crippen LogP contribution in [0.4, 0.5) is 17.1 Å². The van der Waals surface area contributed by atoms with Crippen molar-refractivity contribution < 1.29 is 0 Å². The van der Waals surface area contributed by atoms with Crippen molar-refractivity contribution in [3.8, 4) is 50.2 Å². The zero-order valence-corrected chi connectivity index (χ0v) is 35.2. The van der Waals surface area contributed by atoms with Gasteiger partial charge >= 0.3 is 0 Å². The lowest BCUT2D eigenvalue weighted by Crippen LogP contribution is -2.12. The van der Waals surface area contributed by atoms with Crippen LogP contribution in [0.15, 0.2) is 243 Å². The van der Waals surface area contributed by atoms with Gasteiger partial charge in [0.1, 0.15) is 0 Å². The summed E-state index contributed by atoms with van der Waals surface area (Å²) in [4.78, 5) is 2.52. The summed E-state index contributed by atoms with van der Waals surface area (Å²) in [6, 6.07) is 88.6. The molecule has 10 aromatic carbocycles. The number of rotatable bonds is 8. The molecule has 2 heterocycles. The van der Waals surface area contributed by atoms with E-state index in [9.17, 15) is 0 Å². The summed E-state index contributed by atoms with van der Waals surface area (Å²) in [5.74, 6) is 0. The van der Waals surface area contributed by atoms with E-state index >= 15 is 0 Å². The van der Waals surface area contributed by atoms with Gasteiger partial charge in [-0.25, -0.2) is 0 Å². The van der Waals surface area contributed by atoms with Crippen molar-refractivity contribution in [2.75, 3.05) is 4.90 Å². The molecule has 0 spiro atoms. The topological polar surface area (TPSA) is 8.17 Å². The van der Waals surface area contributed by atoms with Crippen molar-refractivity contribution >= 4 is 70.4 Å². The third-order valence-electron chi connectivity index (χ3n) is 12.4. The van der Waals surface area contributed by atoms with Crippen molar-refractivity contribution in [3.63, 3.8) is 0 Å². The molecule has 12 aromatic rings. The number of para-hydroxylation sites is 2. The molecule has 0 radical (unpaired) electrons. The van der Waals surface area contributed by atoms with Gasteiger partial charge in [-0.3, -0.25) is 0 Å². The normalized spacial score (nSPS) is 11.5. The van der Waals surface area contributed by atoms with Crippen LogP contribution >= 0.6 is 11.3 Å². The summed E-state index contributed by atoms with van der Waals surface area (Å²) in [5, 5.41) is 5.00. The number of hydrogen-bond donors (Lipinski definition) is 0. The van der Waals surface area contributed by atoms with Crippen molar-refractivity contribution in [3.05, 3.63) is 243 Å². The van der Waals surface area contributed by atoms with Gasteiger partial charge in [0.05, 0.1) is 22.4 Å². The van der Waals surface area contributed by atoms with E-state index in [0.717, 1.165) is 50.5 Å². The highest BCUT2D eigenvalue weighted by Gasteiger charge is 2.25. The van der Waals surface area contributed by atoms with E-state index in [1.54, 1.807) is 0 Å². The van der Waals surface area contributed by atoms with Gasteiger partial charge in [0.2, 0.25) is 0 Å². The van der Waals surface area contributed by atoms with E-state index in [4.69, 9.17) is 0 Å². The zero-order chi connectivity index (χ0) is 41.7. The van der Waals surface area contributed by atoms with Crippen LogP contribution in [0.25, 0.3) is 92.2 Å². The highest BCUT2D eigenvalue weighted by Crippen LogP contribution is 2.49. The Kier molecular flexibility index (Phi) is 9.06. The average Bonchev–Trinajstić information content (AvgIpc) is 3.92. The number of thiophene rings is 1. The second kappa shape index (κ2) is 15.5. The molecule has 0 bridgehead atoms. The number of fused-ring (bicyclic) bond motifs is 6. The molecule has 63 heavy (non-hydrogen) atoms. The number of hydrogen-bond acceptors (Lipinski definition) is 2. The van der Waals surface area contributed by atoms with Crippen LogP contribution in [-0.4, -0.2) is 4.57 Å². The Labute approximate surface area is 370 Å². The maximum Gasteiger partial charge on any atom is 0.0562 e. The standard InChI is InChI=1S/C60H40N2S/c1-5-19-41(20-6-1)45-37-46(42-21-7-2-8-22-42)39-48(38-45)62(57-33-18-32-56-59(57)52-28-13-15-31-54(52)61(56)47-25-11-4-12-26-47)55-36-35-44(40-53(55)43-23-9-3-10-24-43)49-29-17-30-51-50-27-14-16-34-58(50)63-60(49)51/h1-40H. The van der Waals surface area contributed by atoms with Gasteiger partial charge < -0.3 is 9.47 Å². The molecule has 3 heteroatoms. The lowest BCUT2D eigenvalue weighted by atomic mass is 9.94. The van der Waals surface area contributed by atoms with Crippen molar-refractivity contribution in [2.24, 2.45) is 0 Å². The molecule has 0 aliphatic carbocycles. The number of nitrogens with zero attached hydrogens (tertiary/aromatic N) is 2. The van der Waals surface area contributed by atoms with Gasteiger partial charge in [-0.1, -0.05) is 176 Å². The largest absolute Gasteiger partial charge is 0.309 e. The summed E-state index contributed by atoms with van der Waals surface area (Å²) in [6.07, 6.45) is 0. The lowest BCUT2D eigenvalue weighted by molar-refractivity contribution is 1.18. The monoisotopic (exact) mass is 820 g/mol. The number of aromatic nitrogens is 1. The van der Waals surface area contributed by atoms with Crippen LogP contribution in [0.5, 0.6) is 0 Å². The molecule has 0 saturated heterocycles. The molecule has 296 valence electrons. The van der Waals surface area contributed by atoms with Crippen LogP contribution in [-0.2, 0) is 0 Å². The van der Waals surface area contributed by atoms with Crippen LogP contribution in [0.2, 0.25) is 0 Å². The fourth-order valence-electron chi connectivity index (χ4n) is 9.51. The molecule has 0 aliphatic heterocycles. The molecule has 0 amide bonds. The first-order valence-corrected chi connectivity index (χ1v) is 22.3. The Bertz CT molecular complexity index is 3550. The number of benzene rings is 10. The number of anilines is 3. The first kappa shape index (κ1) is 36.8. The average molecular weight is 821 g/mol. The first-order valence-electron chi connectivity index (χ1n) is 21.5. The van der Waals surface area contributed by atoms with Gasteiger partial charge in [-0.2, -0.15) is 0 Å². The fourth-order valence-corrected chi connectivity index (χ4v) is 10.7. The van der Waals surface area contributed by atoms with Gasteiger partial charge in [-0.05, 0) is 106 Å². The quantitative estimate of drug-likeness (QED) is 0.148. The van der Waals surface area contributed by atoms with E-state index < -0.39 is 0 Å². The maximum absolute atomic E-state index is 2.52. The predicted octanol–water partition coefficient (Wildman–Crippen LogP) is 17.3. The summed E-state index contributed by atoms with van der Waals surface area (Å²) >= 11 is 1.88. The summed E-state index contributed by atoms with van der Waals surface area (Å²) in [6.45, 7) is 0. The molecule has 0 unspecified atom stereocenters. The van der Waals surface area contributed by atoms with Gasteiger partial charge in [0.15, 0.2) is 0 Å². The van der Waals surface area contributed by atoms with Crippen LogP contribution in [0, 0.1) is 0 Å². The SMILES string of the molecule is c1ccc(-c2cc(-c3ccccc3)cc(N(c3ccc(-c4cccc5c4sc4ccccc45)cc3-c3ccccc3)c3cccc4c3c3ccccc3n4-c3ccccc3)c2)cc1. The van der Waals surface area contributed by atoms with Crippen molar-refractivity contribution in [2.45, 2.75) is 0 Å². The molecule has 0 N–H and O–H groups in total. The Morgan fingerprint density at radius 1 is 0.333 bits per heavy atom. The minimum absolute atomic E-state index is 1.08. The maximum atomic E-state index is 2.52. The van der Waals surface area contributed by atoms with E-state index in [2.05, 4.69) is 252 Å². The molecule has 0 atom stereocenters. The highest BCUT2D eigenvalue weighted by molar-refractivity contribution is 7.26. The molecule has 0 aliphatic rings. The lowest BCUT2D eigenvalue weighted by Gasteiger charge is -2.30. The summed E-state index contributed by atoms with van der Waals surface area (Å²) < 4.78 is 5.03. The van der Waals surface area contributed by atoms with Crippen LogP contribution in [0.1, 0.15) is 0 Å². The third kappa shape index (κ3) is 6.41. The molecule has 0 fully saturated rings. The molecule has 2 nitrogen and oxygen atoms in total. The Morgan fingerprint density at radius 2 is 0.905 bits per heavy atom. The Morgan fingerprint density at radius 3 is 1.62 bits per heavy atom. The molecule has 0 saturated carbocycles. The van der Waals surface area contributed by atoms with Gasteiger partial charge in [0.25, 0.3) is 0 Å². The second-order valence-corrected chi connectivity index (χ2v) is 17.1.